The highest BCUT2D eigenvalue weighted by Crippen LogP contribution is 2.35. The molecule has 0 saturated carbocycles. The number of allylic oxidation sites excluding steroid dienone is 4. The van der Waals surface area contributed by atoms with Crippen LogP contribution >= 0.6 is 19.6 Å². The predicted molar refractivity (Wildman–Crippen MR) is 122 cm³/mol. The molecule has 0 bridgehead atoms. The van der Waals surface area contributed by atoms with Gasteiger partial charge < -0.3 is 20.8 Å². The third kappa shape index (κ3) is 4.44. The Bertz CT molecular complexity index is 1380. The summed E-state index contributed by atoms with van der Waals surface area (Å²) in [5.41, 5.74) is 2.60. The van der Waals surface area contributed by atoms with E-state index in [0.29, 0.717) is 38.9 Å². The molecule has 1 unspecified atom stereocenters. The van der Waals surface area contributed by atoms with Crippen LogP contribution in [0.2, 0.25) is 0 Å². The van der Waals surface area contributed by atoms with E-state index in [1.807, 2.05) is 6.07 Å². The van der Waals surface area contributed by atoms with Gasteiger partial charge in [-0.25, -0.2) is 13.8 Å². The summed E-state index contributed by atoms with van der Waals surface area (Å²) in [7, 11) is -2.86. The molecule has 0 aliphatic carbocycles. The van der Waals surface area contributed by atoms with E-state index in [1.165, 1.54) is 42.6 Å². The average molecular weight is 500 g/mol. The maximum atomic E-state index is 15.0. The number of hydrogen-bond donors (Lipinski definition) is 3. The van der Waals surface area contributed by atoms with E-state index in [0.717, 1.165) is 0 Å². The zero-order valence-corrected chi connectivity index (χ0v) is 19.6. The van der Waals surface area contributed by atoms with Crippen LogP contribution in [-0.4, -0.2) is 4.98 Å². The lowest BCUT2D eigenvalue weighted by Crippen LogP contribution is -2.35. The molecule has 0 spiro atoms. The van der Waals surface area contributed by atoms with Crippen molar-refractivity contribution in [2.24, 2.45) is 0 Å². The number of aromatic nitrogens is 1. The molecule has 4 rings (SSSR count). The number of dihydropyridines is 2. The van der Waals surface area contributed by atoms with Crippen LogP contribution in [0.3, 0.4) is 0 Å². The molecular formula is C23H17ClF2N5O2P. The molecule has 1 aromatic heterocycles. The lowest BCUT2D eigenvalue weighted by molar-refractivity contribution is -0.160. The van der Waals surface area contributed by atoms with Crippen molar-refractivity contribution in [3.63, 3.8) is 0 Å². The largest absolute Gasteiger partial charge is 0.589 e. The van der Waals surface area contributed by atoms with Crippen molar-refractivity contribution in [2.75, 3.05) is 0 Å². The third-order valence-corrected chi connectivity index (χ3v) is 6.44. The molecule has 3 heterocycles. The summed E-state index contributed by atoms with van der Waals surface area (Å²) < 4.78 is 40.6. The zero-order chi connectivity index (χ0) is 24.6. The van der Waals surface area contributed by atoms with Gasteiger partial charge in [0, 0.05) is 35.2 Å². The molecule has 2 aromatic rings. The van der Waals surface area contributed by atoms with Crippen LogP contribution < -0.4 is 26.3 Å². The fraction of sp³-hybridized carbons (Fsp3) is 0.130. The van der Waals surface area contributed by atoms with Crippen LogP contribution in [0.1, 0.15) is 36.6 Å². The molecule has 1 aromatic carbocycles. The first-order valence-electron chi connectivity index (χ1n) is 10.0. The van der Waals surface area contributed by atoms with Gasteiger partial charge in [0.15, 0.2) is 0 Å². The Morgan fingerprint density at radius 1 is 1.24 bits per heavy atom. The Hall–Kier alpha value is -3.57. The van der Waals surface area contributed by atoms with Crippen molar-refractivity contribution < 1.29 is 18.2 Å². The molecule has 11 heteroatoms. The van der Waals surface area contributed by atoms with Crippen molar-refractivity contribution in [2.45, 2.75) is 19.9 Å². The van der Waals surface area contributed by atoms with Crippen molar-refractivity contribution in [1.29, 1.82) is 5.26 Å². The lowest BCUT2D eigenvalue weighted by atomic mass is 10.0. The molecule has 34 heavy (non-hydrogen) atoms. The topological polar surface area (TPSA) is 113 Å². The molecule has 0 fully saturated rings. The quantitative estimate of drug-likeness (QED) is 0.539. The summed E-state index contributed by atoms with van der Waals surface area (Å²) in [5, 5.41) is 18.7. The van der Waals surface area contributed by atoms with Gasteiger partial charge in [-0.2, -0.15) is 5.26 Å². The van der Waals surface area contributed by atoms with Crippen LogP contribution in [0.4, 0.5) is 8.78 Å². The monoisotopic (exact) mass is 499 g/mol. The minimum atomic E-state index is -2.86. The first kappa shape index (κ1) is 23.6. The van der Waals surface area contributed by atoms with Gasteiger partial charge in [-0.1, -0.05) is 16.2 Å². The maximum Gasteiger partial charge on any atom is 0.369 e. The van der Waals surface area contributed by atoms with Gasteiger partial charge in [0.25, 0.3) is 5.44 Å². The van der Waals surface area contributed by atoms with E-state index in [2.05, 4.69) is 20.9 Å². The Labute approximate surface area is 200 Å². The summed E-state index contributed by atoms with van der Waals surface area (Å²) in [5.74, 6) is -1.09. The molecule has 172 valence electrons. The Kier molecular flexibility index (Phi) is 6.49. The fourth-order valence-electron chi connectivity index (χ4n) is 3.60. The number of benzene rings is 1. The number of pyridine rings is 1. The number of halogens is 3. The van der Waals surface area contributed by atoms with E-state index < -0.39 is 25.7 Å². The second-order valence-electron chi connectivity index (χ2n) is 7.60. The average Bonchev–Trinajstić information content (AvgIpc) is 2.82. The molecule has 0 saturated heterocycles. The number of fused-ring (bicyclic) bond motifs is 1. The highest BCUT2D eigenvalue weighted by atomic mass is 35.5. The fourth-order valence-corrected chi connectivity index (χ4v) is 4.14. The molecule has 0 radical (unpaired) electrons. The number of rotatable bonds is 5. The second kappa shape index (κ2) is 9.35. The predicted octanol–water partition coefficient (Wildman–Crippen LogP) is 3.58. The summed E-state index contributed by atoms with van der Waals surface area (Å²) in [6.45, 7) is 3.43. The smallest absolute Gasteiger partial charge is 0.369 e. The molecular weight excluding hydrogens is 483 g/mol. The summed E-state index contributed by atoms with van der Waals surface area (Å²) in [4.78, 5) is 15.0. The number of nitrogens with one attached hydrogen (secondary N) is 3. The maximum absolute atomic E-state index is 15.0. The van der Waals surface area contributed by atoms with Crippen molar-refractivity contribution in [1.82, 2.24) is 20.9 Å². The Morgan fingerprint density at radius 2 is 2.00 bits per heavy atom. The second-order valence-corrected chi connectivity index (χ2v) is 8.95. The van der Waals surface area contributed by atoms with E-state index in [1.54, 1.807) is 13.8 Å². The number of nitriles is 1. The SMILES string of the molecule is CC1=C(Cl)C(N[C@H](C)c2cc(C#N)ccc2F)=C2NC(c3ccc([P+](=O)[O-])nc3)=C(F)C=C2N1. The van der Waals surface area contributed by atoms with Gasteiger partial charge in [0.05, 0.1) is 45.5 Å². The van der Waals surface area contributed by atoms with Gasteiger partial charge in [0.1, 0.15) is 11.6 Å². The van der Waals surface area contributed by atoms with Gasteiger partial charge in [0.2, 0.25) is 0 Å². The molecule has 0 amide bonds. The van der Waals surface area contributed by atoms with E-state index >= 15 is 0 Å². The molecule has 2 aliphatic rings. The van der Waals surface area contributed by atoms with Crippen LogP contribution in [0.15, 0.2) is 76.3 Å². The van der Waals surface area contributed by atoms with Gasteiger partial charge in [-0.05, 0) is 38.1 Å². The van der Waals surface area contributed by atoms with Gasteiger partial charge >= 0.3 is 8.03 Å². The zero-order valence-electron chi connectivity index (χ0n) is 17.9. The van der Waals surface area contributed by atoms with Crippen LogP contribution in [0.5, 0.6) is 0 Å². The van der Waals surface area contributed by atoms with Gasteiger partial charge in [-0.15, -0.1) is 0 Å². The van der Waals surface area contributed by atoms with Gasteiger partial charge in [-0.3, -0.25) is 0 Å². The van der Waals surface area contributed by atoms with Crippen LogP contribution in [0, 0.1) is 17.1 Å². The van der Waals surface area contributed by atoms with Crippen LogP contribution in [-0.2, 0) is 4.57 Å². The minimum absolute atomic E-state index is 0.0642. The highest BCUT2D eigenvalue weighted by molar-refractivity contribution is 7.45. The van der Waals surface area contributed by atoms with Crippen molar-refractivity contribution in [3.05, 3.63) is 98.8 Å². The van der Waals surface area contributed by atoms with Crippen molar-refractivity contribution in [3.8, 4) is 6.07 Å². The summed E-state index contributed by atoms with van der Waals surface area (Å²) in [6.07, 6.45) is 2.53. The van der Waals surface area contributed by atoms with E-state index in [-0.39, 0.29) is 16.7 Å². The molecule has 2 aliphatic heterocycles. The minimum Gasteiger partial charge on any atom is -0.589 e. The van der Waals surface area contributed by atoms with E-state index in [4.69, 9.17) is 16.9 Å². The summed E-state index contributed by atoms with van der Waals surface area (Å²) >= 11 is 6.56. The van der Waals surface area contributed by atoms with E-state index in [9.17, 15) is 18.2 Å². The first-order valence-corrected chi connectivity index (χ1v) is 11.6. The highest BCUT2D eigenvalue weighted by Gasteiger charge is 2.29. The molecule has 2 atom stereocenters. The summed E-state index contributed by atoms with van der Waals surface area (Å²) in [6, 6.07) is 8.18. The lowest BCUT2D eigenvalue weighted by Gasteiger charge is -2.32. The first-order chi connectivity index (χ1) is 16.2. The Balaban J connectivity index is 1.73. The van der Waals surface area contributed by atoms with Crippen LogP contribution in [0.25, 0.3) is 5.70 Å². The number of nitrogens with zero attached hydrogens (tertiary/aromatic N) is 2. The molecule has 3 N–H and O–H groups in total. The third-order valence-electron chi connectivity index (χ3n) is 5.33. The normalized spacial score (nSPS) is 16.7. The Morgan fingerprint density at radius 3 is 2.65 bits per heavy atom. The molecule has 7 nitrogen and oxygen atoms in total. The number of hydrogen-bond acceptors (Lipinski definition) is 7. The standard InChI is InChI=1S/C23H17ClF2N5O2P/c1-11(15-7-13(9-27)3-5-16(15)25)30-23-20(24)12(2)29-18-8-17(26)21(31-22(18)23)14-4-6-19(28-10-14)34(32)33/h3-8,10-11,29-31H,1-2H3/t11-/m1/s1. The van der Waals surface area contributed by atoms with Crippen molar-refractivity contribution >= 4 is 30.8 Å².